The molecule has 0 saturated carbocycles. The van der Waals surface area contributed by atoms with E-state index in [4.69, 9.17) is 4.74 Å². The van der Waals surface area contributed by atoms with Gasteiger partial charge >= 0.3 is 15.6 Å². The summed E-state index contributed by atoms with van der Waals surface area (Å²) in [6, 6.07) is 11.9. The van der Waals surface area contributed by atoms with Crippen LogP contribution in [-0.4, -0.2) is 26.8 Å². The minimum atomic E-state index is -5.91. The second-order valence-electron chi connectivity index (χ2n) is 4.95. The van der Waals surface area contributed by atoms with E-state index in [1.807, 2.05) is 0 Å². The van der Waals surface area contributed by atoms with Crippen molar-refractivity contribution in [2.75, 3.05) is 7.11 Å². The lowest BCUT2D eigenvalue weighted by molar-refractivity contribution is -0.0500. The molecule has 0 aromatic heterocycles. The van der Waals surface area contributed by atoms with E-state index in [9.17, 15) is 26.4 Å². The minimum absolute atomic E-state index is 0.151. The molecule has 138 valence electrons. The SMILES string of the molecule is COc1ccc(OS(=O)(=O)C(F)(F)F)c(C(=O)/C=C/c2ccccc2)c1. The number of methoxy groups -OCH3 is 1. The van der Waals surface area contributed by atoms with Crippen LogP contribution >= 0.6 is 0 Å². The van der Waals surface area contributed by atoms with Crippen LogP contribution in [0.5, 0.6) is 11.5 Å². The normalized spacial score (nSPS) is 12.2. The maximum atomic E-state index is 12.5. The molecule has 0 amide bonds. The number of halogens is 3. The van der Waals surface area contributed by atoms with Crippen molar-refractivity contribution in [2.45, 2.75) is 5.51 Å². The maximum Gasteiger partial charge on any atom is 0.534 e. The number of carbonyl (C=O) groups excluding carboxylic acids is 1. The predicted molar refractivity (Wildman–Crippen MR) is 88.4 cm³/mol. The Morgan fingerprint density at radius 3 is 2.31 bits per heavy atom. The molecule has 0 fully saturated rings. The van der Waals surface area contributed by atoms with Crippen molar-refractivity contribution in [1.29, 1.82) is 0 Å². The first-order valence-electron chi connectivity index (χ1n) is 7.10. The molecule has 0 unspecified atom stereocenters. The van der Waals surface area contributed by atoms with E-state index in [-0.39, 0.29) is 11.3 Å². The molecule has 2 rings (SSSR count). The lowest BCUT2D eigenvalue weighted by Crippen LogP contribution is -2.28. The average Bonchev–Trinajstić information content (AvgIpc) is 2.59. The van der Waals surface area contributed by atoms with E-state index in [0.29, 0.717) is 5.56 Å². The number of alkyl halides is 3. The number of rotatable bonds is 6. The van der Waals surface area contributed by atoms with Crippen LogP contribution < -0.4 is 8.92 Å². The van der Waals surface area contributed by atoms with Gasteiger partial charge in [0.1, 0.15) is 5.75 Å². The van der Waals surface area contributed by atoms with Crippen LogP contribution in [0.3, 0.4) is 0 Å². The van der Waals surface area contributed by atoms with Crippen molar-refractivity contribution in [3.05, 3.63) is 65.7 Å². The first kappa shape index (κ1) is 19.5. The van der Waals surface area contributed by atoms with Gasteiger partial charge in [-0.2, -0.15) is 21.6 Å². The van der Waals surface area contributed by atoms with Gasteiger partial charge in [0.05, 0.1) is 12.7 Å². The Kier molecular flexibility index (Phi) is 5.71. The first-order chi connectivity index (χ1) is 12.1. The smallest absolute Gasteiger partial charge is 0.497 e. The monoisotopic (exact) mass is 386 g/mol. The van der Waals surface area contributed by atoms with Crippen LogP contribution in [0.25, 0.3) is 6.08 Å². The molecule has 0 aliphatic carbocycles. The van der Waals surface area contributed by atoms with Crippen molar-refractivity contribution in [1.82, 2.24) is 0 Å². The Bertz CT molecular complexity index is 919. The Morgan fingerprint density at radius 2 is 1.73 bits per heavy atom. The Labute approximate surface area is 147 Å². The van der Waals surface area contributed by atoms with Crippen molar-refractivity contribution in [2.24, 2.45) is 0 Å². The summed E-state index contributed by atoms with van der Waals surface area (Å²) in [5, 5.41) is 0. The number of ketones is 1. The molecule has 0 saturated heterocycles. The molecule has 0 aliphatic heterocycles. The molecule has 0 radical (unpaired) electrons. The lowest BCUT2D eigenvalue weighted by atomic mass is 10.1. The number of ether oxygens (including phenoxy) is 1. The molecule has 0 bridgehead atoms. The Morgan fingerprint density at radius 1 is 1.08 bits per heavy atom. The van der Waals surface area contributed by atoms with Gasteiger partial charge in [-0.05, 0) is 29.8 Å². The highest BCUT2D eigenvalue weighted by atomic mass is 32.2. The molecule has 0 spiro atoms. The summed E-state index contributed by atoms with van der Waals surface area (Å²) in [5.74, 6) is -1.34. The lowest BCUT2D eigenvalue weighted by Gasteiger charge is -2.12. The summed E-state index contributed by atoms with van der Waals surface area (Å²) in [4.78, 5) is 12.3. The molecule has 0 N–H and O–H groups in total. The van der Waals surface area contributed by atoms with E-state index >= 15 is 0 Å². The van der Waals surface area contributed by atoms with Crippen LogP contribution in [0.1, 0.15) is 15.9 Å². The fraction of sp³-hybridized carbons (Fsp3) is 0.118. The fourth-order valence-electron chi connectivity index (χ4n) is 1.89. The quantitative estimate of drug-likeness (QED) is 0.327. The van der Waals surface area contributed by atoms with Gasteiger partial charge in [0.15, 0.2) is 11.5 Å². The largest absolute Gasteiger partial charge is 0.534 e. The highest BCUT2D eigenvalue weighted by molar-refractivity contribution is 7.88. The highest BCUT2D eigenvalue weighted by Gasteiger charge is 2.48. The Balaban J connectivity index is 2.39. The second kappa shape index (κ2) is 7.61. The third kappa shape index (κ3) is 4.63. The predicted octanol–water partition coefficient (Wildman–Crippen LogP) is 3.82. The van der Waals surface area contributed by atoms with Crippen LogP contribution in [-0.2, 0) is 10.1 Å². The molecule has 2 aromatic carbocycles. The number of benzene rings is 2. The molecule has 26 heavy (non-hydrogen) atoms. The standard InChI is InChI=1S/C17H13F3O5S/c1-24-13-8-10-16(25-26(22,23)17(18,19)20)14(11-13)15(21)9-7-12-5-3-2-4-6-12/h2-11H,1H3/b9-7+. The summed E-state index contributed by atoms with van der Waals surface area (Å²) in [6.07, 6.45) is 2.53. The van der Waals surface area contributed by atoms with E-state index < -0.39 is 27.2 Å². The van der Waals surface area contributed by atoms with Crippen LogP contribution in [0.4, 0.5) is 13.2 Å². The van der Waals surface area contributed by atoms with Crippen LogP contribution in [0.2, 0.25) is 0 Å². The van der Waals surface area contributed by atoms with Crippen LogP contribution in [0.15, 0.2) is 54.6 Å². The van der Waals surface area contributed by atoms with Gasteiger partial charge in [-0.15, -0.1) is 0 Å². The molecule has 0 heterocycles. The van der Waals surface area contributed by atoms with Crippen LogP contribution in [0, 0.1) is 0 Å². The summed E-state index contributed by atoms with van der Waals surface area (Å²) in [6.45, 7) is 0. The van der Waals surface area contributed by atoms with Gasteiger partial charge in [-0.1, -0.05) is 36.4 Å². The summed E-state index contributed by atoms with van der Waals surface area (Å²) in [5.41, 5.74) is -5.33. The van der Waals surface area contributed by atoms with E-state index in [2.05, 4.69) is 4.18 Å². The zero-order valence-electron chi connectivity index (χ0n) is 13.4. The molecule has 0 aliphatic rings. The summed E-state index contributed by atoms with van der Waals surface area (Å²) < 4.78 is 69.1. The molecular formula is C17H13F3O5S. The van der Waals surface area contributed by atoms with Gasteiger partial charge in [-0.3, -0.25) is 4.79 Å². The molecule has 2 aromatic rings. The third-order valence-corrected chi connectivity index (χ3v) is 4.13. The van der Waals surface area contributed by atoms with E-state index in [0.717, 1.165) is 18.2 Å². The first-order valence-corrected chi connectivity index (χ1v) is 8.51. The van der Waals surface area contributed by atoms with Crippen molar-refractivity contribution >= 4 is 22.0 Å². The van der Waals surface area contributed by atoms with Gasteiger partial charge < -0.3 is 8.92 Å². The zero-order chi connectivity index (χ0) is 19.4. The van der Waals surface area contributed by atoms with Crippen molar-refractivity contribution < 1.29 is 35.3 Å². The maximum absolute atomic E-state index is 12.5. The molecule has 0 atom stereocenters. The van der Waals surface area contributed by atoms with Gasteiger partial charge in [0.25, 0.3) is 0 Å². The molecule has 5 nitrogen and oxygen atoms in total. The minimum Gasteiger partial charge on any atom is -0.497 e. The number of carbonyl (C=O) groups is 1. The summed E-state index contributed by atoms with van der Waals surface area (Å²) >= 11 is 0. The fourth-order valence-corrected chi connectivity index (χ4v) is 2.37. The number of allylic oxidation sites excluding steroid dienone is 1. The van der Waals surface area contributed by atoms with Gasteiger partial charge in [-0.25, -0.2) is 0 Å². The summed E-state index contributed by atoms with van der Waals surface area (Å²) in [7, 11) is -4.62. The zero-order valence-corrected chi connectivity index (χ0v) is 14.2. The van der Waals surface area contributed by atoms with Gasteiger partial charge in [0.2, 0.25) is 0 Å². The van der Waals surface area contributed by atoms with E-state index in [1.54, 1.807) is 30.3 Å². The number of hydrogen-bond acceptors (Lipinski definition) is 5. The van der Waals surface area contributed by atoms with Crippen molar-refractivity contribution in [3.63, 3.8) is 0 Å². The second-order valence-corrected chi connectivity index (χ2v) is 6.49. The van der Waals surface area contributed by atoms with E-state index in [1.165, 1.54) is 19.3 Å². The van der Waals surface area contributed by atoms with Crippen molar-refractivity contribution in [3.8, 4) is 11.5 Å². The molecular weight excluding hydrogens is 373 g/mol. The Hall–Kier alpha value is -2.81. The molecule has 9 heteroatoms. The van der Waals surface area contributed by atoms with Gasteiger partial charge in [0, 0.05) is 0 Å². The number of hydrogen-bond donors (Lipinski definition) is 0. The third-order valence-electron chi connectivity index (χ3n) is 3.16. The average molecular weight is 386 g/mol. The topological polar surface area (TPSA) is 69.7 Å². The highest BCUT2D eigenvalue weighted by Crippen LogP contribution is 2.31.